The van der Waals surface area contributed by atoms with E-state index >= 15 is 0 Å². The average Bonchev–Trinajstić information content (AvgIpc) is 2.92. The van der Waals surface area contributed by atoms with Gasteiger partial charge in [0.1, 0.15) is 12.1 Å². The molecule has 1 saturated carbocycles. The summed E-state index contributed by atoms with van der Waals surface area (Å²) in [6, 6.07) is 0.476. The highest BCUT2D eigenvalue weighted by molar-refractivity contribution is 7.15. The normalized spacial score (nSPS) is 15.1. The van der Waals surface area contributed by atoms with Crippen molar-refractivity contribution in [3.63, 3.8) is 0 Å². The Morgan fingerprint density at radius 1 is 1.65 bits per heavy atom. The Balaban J connectivity index is 1.83. The molecule has 1 aliphatic carbocycles. The van der Waals surface area contributed by atoms with E-state index in [2.05, 4.69) is 14.9 Å². The molecule has 0 bridgehead atoms. The van der Waals surface area contributed by atoms with Crippen molar-refractivity contribution in [3.8, 4) is 0 Å². The van der Waals surface area contributed by atoms with Crippen molar-refractivity contribution in [2.75, 3.05) is 4.90 Å². The van der Waals surface area contributed by atoms with Gasteiger partial charge in [0.25, 0.3) is 0 Å². The van der Waals surface area contributed by atoms with Gasteiger partial charge in [-0.25, -0.2) is 9.78 Å². The van der Waals surface area contributed by atoms with Crippen molar-refractivity contribution in [1.82, 2.24) is 9.97 Å². The molecule has 1 fully saturated rings. The number of anilines is 1. The summed E-state index contributed by atoms with van der Waals surface area (Å²) >= 11 is 7.25. The van der Waals surface area contributed by atoms with Crippen LogP contribution in [0.3, 0.4) is 0 Å². The van der Waals surface area contributed by atoms with Gasteiger partial charge in [-0.2, -0.15) is 0 Å². The topological polar surface area (TPSA) is 62.1 Å². The van der Waals surface area contributed by atoms with Crippen LogP contribution in [0, 0.1) is 0 Å². The summed E-state index contributed by atoms with van der Waals surface area (Å²) in [5.74, 6) is 0.301. The summed E-state index contributed by atoms with van der Waals surface area (Å²) in [5.41, 5.74) is 0. The fraction of sp³-hybridized carbons (Fsp3) is 0.400. The molecule has 2 heterocycles. The van der Waals surface area contributed by atoms with Gasteiger partial charge >= 0.3 is 5.76 Å². The highest BCUT2D eigenvalue weighted by Gasteiger charge is 2.30. The van der Waals surface area contributed by atoms with Crippen molar-refractivity contribution in [2.24, 2.45) is 0 Å². The number of rotatable bonds is 4. The fourth-order valence-corrected chi connectivity index (χ4v) is 2.71. The largest absolute Gasteiger partial charge is 0.417 e. The molecule has 1 N–H and O–H groups in total. The highest BCUT2D eigenvalue weighted by atomic mass is 35.5. The first-order valence-corrected chi connectivity index (χ1v) is 6.46. The van der Waals surface area contributed by atoms with Crippen LogP contribution >= 0.6 is 22.9 Å². The van der Waals surface area contributed by atoms with E-state index in [-0.39, 0.29) is 0 Å². The van der Waals surface area contributed by atoms with Crippen LogP contribution in [0.2, 0.25) is 4.47 Å². The molecule has 1 aliphatic rings. The molecule has 0 spiro atoms. The van der Waals surface area contributed by atoms with Crippen molar-refractivity contribution in [1.29, 1.82) is 0 Å². The van der Waals surface area contributed by atoms with Gasteiger partial charge < -0.3 is 9.32 Å². The van der Waals surface area contributed by atoms with Crippen LogP contribution in [0.5, 0.6) is 0 Å². The van der Waals surface area contributed by atoms with Gasteiger partial charge in [0.05, 0.1) is 6.54 Å². The zero-order valence-corrected chi connectivity index (χ0v) is 10.4. The summed E-state index contributed by atoms with van der Waals surface area (Å²) in [5, 5.41) is 0. The first-order valence-electron chi connectivity index (χ1n) is 5.27. The van der Waals surface area contributed by atoms with Gasteiger partial charge in [0.15, 0.2) is 4.47 Å². The third kappa shape index (κ3) is 2.37. The van der Waals surface area contributed by atoms with Gasteiger partial charge in [-0.1, -0.05) is 11.6 Å². The van der Waals surface area contributed by atoms with Crippen LogP contribution in [0.1, 0.15) is 17.7 Å². The highest BCUT2D eigenvalue weighted by Crippen LogP contribution is 2.32. The first kappa shape index (κ1) is 10.9. The lowest BCUT2D eigenvalue weighted by molar-refractivity contribution is 0.515. The van der Waals surface area contributed by atoms with Gasteiger partial charge in [-0.05, 0) is 12.8 Å². The third-order valence-electron chi connectivity index (χ3n) is 2.66. The standard InChI is InChI=1S/C10H10ClN3O2S/c11-9-12-3-7(17-9)4-14(6-1-2-6)8-5-16-10(15)13-8/h3,5-6H,1-2,4H2,(H,13,15). The molecule has 0 aromatic carbocycles. The number of oxazole rings is 1. The maximum absolute atomic E-state index is 11.0. The summed E-state index contributed by atoms with van der Waals surface area (Å²) in [6.45, 7) is 0.699. The molecule has 7 heteroatoms. The summed E-state index contributed by atoms with van der Waals surface area (Å²) in [6.07, 6.45) is 5.50. The van der Waals surface area contributed by atoms with Crippen LogP contribution in [-0.4, -0.2) is 16.0 Å². The molecule has 0 radical (unpaired) electrons. The molecular formula is C10H10ClN3O2S. The number of halogens is 1. The molecule has 0 aliphatic heterocycles. The number of hydrogen-bond acceptors (Lipinski definition) is 5. The molecule has 0 atom stereocenters. The minimum atomic E-state index is -0.423. The second-order valence-corrected chi connectivity index (χ2v) is 5.67. The average molecular weight is 272 g/mol. The molecule has 2 aromatic rings. The number of nitrogens with one attached hydrogen (secondary N) is 1. The second kappa shape index (κ2) is 4.19. The smallest absolute Gasteiger partial charge is 0.414 e. The molecular weight excluding hydrogens is 262 g/mol. The molecule has 0 amide bonds. The molecule has 2 aromatic heterocycles. The summed E-state index contributed by atoms with van der Waals surface area (Å²) < 4.78 is 5.31. The Bertz CT molecular complexity index is 572. The SMILES string of the molecule is O=c1[nH]c(N(Cc2cnc(Cl)s2)C2CC2)co1. The Morgan fingerprint density at radius 3 is 3.00 bits per heavy atom. The van der Waals surface area contributed by atoms with Crippen molar-refractivity contribution in [2.45, 2.75) is 25.4 Å². The number of nitrogens with zero attached hydrogens (tertiary/aromatic N) is 2. The molecule has 90 valence electrons. The zero-order chi connectivity index (χ0) is 11.8. The van der Waals surface area contributed by atoms with Crippen molar-refractivity contribution in [3.05, 3.63) is 32.4 Å². The van der Waals surface area contributed by atoms with E-state index in [9.17, 15) is 4.79 Å². The number of aromatic nitrogens is 2. The molecule has 3 rings (SSSR count). The summed E-state index contributed by atoms with van der Waals surface area (Å²) in [4.78, 5) is 20.9. The number of thiazole rings is 1. The zero-order valence-electron chi connectivity index (χ0n) is 8.85. The minimum Gasteiger partial charge on any atom is -0.414 e. The van der Waals surface area contributed by atoms with E-state index in [4.69, 9.17) is 16.0 Å². The molecule has 0 unspecified atom stereocenters. The van der Waals surface area contributed by atoms with Crippen molar-refractivity contribution < 1.29 is 4.42 Å². The van der Waals surface area contributed by atoms with Gasteiger partial charge in [-0.15, -0.1) is 11.3 Å². The predicted molar refractivity (Wildman–Crippen MR) is 65.7 cm³/mol. The Kier molecular flexibility index (Phi) is 2.68. The van der Waals surface area contributed by atoms with Crippen LogP contribution in [-0.2, 0) is 6.54 Å². The number of hydrogen-bond donors (Lipinski definition) is 1. The van der Waals surface area contributed by atoms with Crippen molar-refractivity contribution >= 4 is 28.8 Å². The lowest BCUT2D eigenvalue weighted by Gasteiger charge is -2.20. The van der Waals surface area contributed by atoms with E-state index in [0.29, 0.717) is 17.1 Å². The third-order valence-corrected chi connectivity index (χ3v) is 3.76. The van der Waals surface area contributed by atoms with Crippen LogP contribution < -0.4 is 10.7 Å². The second-order valence-electron chi connectivity index (χ2n) is 3.97. The lowest BCUT2D eigenvalue weighted by Crippen LogP contribution is -2.25. The molecule has 0 saturated heterocycles. The Morgan fingerprint density at radius 2 is 2.47 bits per heavy atom. The Labute approximate surface area is 106 Å². The minimum absolute atomic E-state index is 0.423. The van der Waals surface area contributed by atoms with Gasteiger partial charge in [0, 0.05) is 17.1 Å². The van der Waals surface area contributed by atoms with Gasteiger partial charge in [0.2, 0.25) is 0 Å². The van der Waals surface area contributed by atoms with Crippen LogP contribution in [0.15, 0.2) is 21.7 Å². The van der Waals surface area contributed by atoms with E-state index in [0.717, 1.165) is 23.5 Å². The number of H-pyrrole nitrogens is 1. The van der Waals surface area contributed by atoms with E-state index in [1.807, 2.05) is 0 Å². The quantitative estimate of drug-likeness (QED) is 0.926. The maximum Gasteiger partial charge on any atom is 0.417 e. The maximum atomic E-state index is 11.0. The molecule has 5 nitrogen and oxygen atoms in total. The van der Waals surface area contributed by atoms with E-state index < -0.39 is 5.76 Å². The van der Waals surface area contributed by atoms with Gasteiger partial charge in [-0.3, -0.25) is 4.98 Å². The predicted octanol–water partition coefficient (Wildman–Crippen LogP) is 2.25. The fourth-order valence-electron chi connectivity index (χ4n) is 1.73. The van der Waals surface area contributed by atoms with E-state index in [1.165, 1.54) is 17.6 Å². The first-order chi connectivity index (χ1) is 8.22. The summed E-state index contributed by atoms with van der Waals surface area (Å²) in [7, 11) is 0. The van der Waals surface area contributed by atoms with E-state index in [1.54, 1.807) is 6.20 Å². The monoisotopic (exact) mass is 271 g/mol. The van der Waals surface area contributed by atoms with Crippen LogP contribution in [0.25, 0.3) is 0 Å². The number of aromatic amines is 1. The lowest BCUT2D eigenvalue weighted by atomic mass is 10.4. The van der Waals surface area contributed by atoms with Crippen LogP contribution in [0.4, 0.5) is 5.82 Å². The Hall–Kier alpha value is -1.27. The molecule has 17 heavy (non-hydrogen) atoms.